The molecule has 0 aromatic carbocycles. The number of aromatic nitrogens is 4. The molecule has 0 amide bonds. The van der Waals surface area contributed by atoms with E-state index in [2.05, 4.69) is 38.2 Å². The normalized spacial score (nSPS) is 31.6. The van der Waals surface area contributed by atoms with E-state index in [9.17, 15) is 10.4 Å². The van der Waals surface area contributed by atoms with Crippen molar-refractivity contribution in [2.45, 2.75) is 63.0 Å². The highest BCUT2D eigenvalue weighted by atomic mass is 16.3. The predicted octanol–water partition coefficient (Wildman–Crippen LogP) is 3.50. The first-order valence-electron chi connectivity index (χ1n) is 11.5. The van der Waals surface area contributed by atoms with Gasteiger partial charge in [0.05, 0.1) is 34.8 Å². The van der Waals surface area contributed by atoms with Crippen molar-refractivity contribution in [1.29, 1.82) is 5.26 Å². The molecule has 2 bridgehead atoms. The fourth-order valence-electron chi connectivity index (χ4n) is 6.46. The SMILES string of the molecule is CC(C)(O)C12CC(C1)N(c1cc(-n3ncc4cnc([C@@]5(C#N)CC56CC6)cc43)ccn1)C2. The zero-order chi connectivity index (χ0) is 21.9. The van der Waals surface area contributed by atoms with Crippen molar-refractivity contribution >= 4 is 16.7 Å². The molecular formula is C25H26N6O. The van der Waals surface area contributed by atoms with Crippen molar-refractivity contribution in [1.82, 2.24) is 19.7 Å². The minimum atomic E-state index is -0.685. The topological polar surface area (TPSA) is 90.9 Å². The first-order chi connectivity index (χ1) is 15.3. The Labute approximate surface area is 186 Å². The summed E-state index contributed by atoms with van der Waals surface area (Å²) in [4.78, 5) is 11.7. The average molecular weight is 427 g/mol. The first kappa shape index (κ1) is 18.6. The van der Waals surface area contributed by atoms with E-state index < -0.39 is 11.0 Å². The van der Waals surface area contributed by atoms with Gasteiger partial charge >= 0.3 is 0 Å². The Bertz CT molecular complexity index is 1320. The van der Waals surface area contributed by atoms with E-state index in [1.807, 2.05) is 43.2 Å². The summed E-state index contributed by atoms with van der Waals surface area (Å²) in [5.74, 6) is 0.932. The average Bonchev–Trinajstić information content (AvgIpc) is 3.44. The van der Waals surface area contributed by atoms with Gasteiger partial charge in [-0.15, -0.1) is 0 Å². The van der Waals surface area contributed by atoms with Crippen LogP contribution in [0.2, 0.25) is 0 Å². The van der Waals surface area contributed by atoms with Crippen molar-refractivity contribution < 1.29 is 5.11 Å². The largest absolute Gasteiger partial charge is 0.390 e. The van der Waals surface area contributed by atoms with Crippen LogP contribution in [0.4, 0.5) is 5.82 Å². The summed E-state index contributed by atoms with van der Waals surface area (Å²) in [5, 5.41) is 26.2. The lowest BCUT2D eigenvalue weighted by Crippen LogP contribution is -2.50. The lowest BCUT2D eigenvalue weighted by Gasteiger charge is -2.45. The number of pyridine rings is 2. The number of nitriles is 1. The third kappa shape index (κ3) is 2.16. The minimum Gasteiger partial charge on any atom is -0.390 e. The highest BCUT2D eigenvalue weighted by molar-refractivity contribution is 5.80. The van der Waals surface area contributed by atoms with Gasteiger partial charge < -0.3 is 10.0 Å². The summed E-state index contributed by atoms with van der Waals surface area (Å²) < 4.78 is 1.94. The van der Waals surface area contributed by atoms with E-state index in [1.54, 1.807) is 0 Å². The number of hydrogen-bond donors (Lipinski definition) is 1. The summed E-state index contributed by atoms with van der Waals surface area (Å²) >= 11 is 0. The van der Waals surface area contributed by atoms with Crippen molar-refractivity contribution in [2.24, 2.45) is 10.8 Å². The number of hydrogen-bond acceptors (Lipinski definition) is 6. The molecule has 32 heavy (non-hydrogen) atoms. The molecule has 1 spiro atoms. The molecule has 5 heterocycles. The summed E-state index contributed by atoms with van der Waals surface area (Å²) in [6, 6.07) is 9.15. The zero-order valence-corrected chi connectivity index (χ0v) is 18.4. The minimum absolute atomic E-state index is 0.0387. The second-order valence-corrected chi connectivity index (χ2v) is 11.1. The van der Waals surface area contributed by atoms with Crippen LogP contribution in [0.15, 0.2) is 36.8 Å². The quantitative estimate of drug-likeness (QED) is 0.687. The molecule has 3 aliphatic carbocycles. The number of aliphatic hydroxyl groups is 1. The van der Waals surface area contributed by atoms with E-state index in [0.29, 0.717) is 6.04 Å². The highest BCUT2D eigenvalue weighted by Gasteiger charge is 2.76. The summed E-state index contributed by atoms with van der Waals surface area (Å²) in [6.45, 7) is 4.69. The molecule has 3 aromatic rings. The molecule has 7 heteroatoms. The van der Waals surface area contributed by atoms with Gasteiger partial charge in [-0.25, -0.2) is 9.67 Å². The molecular weight excluding hydrogens is 400 g/mol. The van der Waals surface area contributed by atoms with Gasteiger partial charge in [-0.2, -0.15) is 10.4 Å². The van der Waals surface area contributed by atoms with E-state index in [0.717, 1.165) is 66.8 Å². The molecule has 7 nitrogen and oxygen atoms in total. The maximum atomic E-state index is 10.7. The third-order valence-corrected chi connectivity index (χ3v) is 9.05. The maximum absolute atomic E-state index is 10.7. The molecule has 2 saturated heterocycles. The van der Waals surface area contributed by atoms with Crippen LogP contribution in [-0.2, 0) is 5.41 Å². The fourth-order valence-corrected chi connectivity index (χ4v) is 6.46. The van der Waals surface area contributed by atoms with Gasteiger partial charge in [-0.3, -0.25) is 4.98 Å². The van der Waals surface area contributed by atoms with E-state index in [4.69, 9.17) is 0 Å². The summed E-state index contributed by atoms with van der Waals surface area (Å²) in [5.41, 5.74) is 1.85. The van der Waals surface area contributed by atoms with Gasteiger partial charge in [0.2, 0.25) is 0 Å². The van der Waals surface area contributed by atoms with Gasteiger partial charge in [0.1, 0.15) is 11.2 Å². The van der Waals surface area contributed by atoms with E-state index in [1.165, 1.54) is 0 Å². The molecule has 3 saturated carbocycles. The second-order valence-electron chi connectivity index (χ2n) is 11.1. The summed E-state index contributed by atoms with van der Waals surface area (Å²) in [7, 11) is 0. The first-order valence-corrected chi connectivity index (χ1v) is 11.5. The van der Waals surface area contributed by atoms with Crippen LogP contribution in [0.3, 0.4) is 0 Å². The Morgan fingerprint density at radius 3 is 2.66 bits per heavy atom. The van der Waals surface area contributed by atoms with Crippen LogP contribution in [0.25, 0.3) is 16.6 Å². The highest BCUT2D eigenvalue weighted by Crippen LogP contribution is 2.78. The molecule has 5 fully saturated rings. The van der Waals surface area contributed by atoms with E-state index in [-0.39, 0.29) is 10.8 Å². The van der Waals surface area contributed by atoms with Crippen molar-refractivity contribution in [3.8, 4) is 11.8 Å². The van der Waals surface area contributed by atoms with E-state index >= 15 is 0 Å². The Balaban J connectivity index is 1.26. The van der Waals surface area contributed by atoms with Gasteiger partial charge in [-0.1, -0.05) is 0 Å². The van der Waals surface area contributed by atoms with Gasteiger partial charge in [0.25, 0.3) is 0 Å². The Morgan fingerprint density at radius 1 is 1.19 bits per heavy atom. The van der Waals surface area contributed by atoms with Crippen molar-refractivity contribution in [2.75, 3.05) is 11.4 Å². The summed E-state index contributed by atoms with van der Waals surface area (Å²) in [6.07, 6.45) is 10.8. The molecule has 5 aliphatic rings. The second kappa shape index (κ2) is 5.49. The Morgan fingerprint density at radius 2 is 2.00 bits per heavy atom. The predicted molar refractivity (Wildman–Crippen MR) is 119 cm³/mol. The molecule has 2 aliphatic heterocycles. The lowest BCUT2D eigenvalue weighted by atomic mass is 9.61. The molecule has 0 radical (unpaired) electrons. The molecule has 162 valence electrons. The van der Waals surface area contributed by atoms with Crippen LogP contribution in [-0.4, -0.2) is 43.0 Å². The molecule has 3 aromatic heterocycles. The number of nitrogens with zero attached hydrogens (tertiary/aromatic N) is 6. The standard InChI is InChI=1S/C25H26N6O/c1-22(2,32)24-9-18(10-24)30(15-24)21-7-17(3-6-27-21)31-19-8-20(28-11-16(19)12-29-31)25(14-26)13-23(25)4-5-23/h3,6-8,11-12,18,32H,4-5,9-10,13,15H2,1-2H3/t18?,24?,25-/m0/s1. The Kier molecular flexibility index (Phi) is 3.19. The maximum Gasteiger partial charge on any atom is 0.130 e. The van der Waals surface area contributed by atoms with Crippen LogP contribution in [0.5, 0.6) is 0 Å². The van der Waals surface area contributed by atoms with Crippen LogP contribution in [0.1, 0.15) is 51.6 Å². The number of rotatable bonds is 4. The Hall–Kier alpha value is -2.98. The van der Waals surface area contributed by atoms with Crippen molar-refractivity contribution in [3.63, 3.8) is 0 Å². The van der Waals surface area contributed by atoms with Crippen molar-refractivity contribution in [3.05, 3.63) is 42.5 Å². The van der Waals surface area contributed by atoms with Gasteiger partial charge in [0, 0.05) is 41.8 Å². The van der Waals surface area contributed by atoms with Gasteiger partial charge in [0.15, 0.2) is 0 Å². The lowest BCUT2D eigenvalue weighted by molar-refractivity contribution is -0.0754. The fraction of sp³-hybridized carbons (Fsp3) is 0.520. The number of anilines is 1. The van der Waals surface area contributed by atoms with Crippen LogP contribution in [0, 0.1) is 22.2 Å². The molecule has 1 N–H and O–H groups in total. The van der Waals surface area contributed by atoms with Crippen LogP contribution < -0.4 is 4.90 Å². The third-order valence-electron chi connectivity index (χ3n) is 9.05. The molecule has 1 atom stereocenters. The molecule has 0 unspecified atom stereocenters. The zero-order valence-electron chi connectivity index (χ0n) is 18.4. The number of fused-ring (bicyclic) bond motifs is 2. The molecule has 8 rings (SSSR count). The monoisotopic (exact) mass is 426 g/mol. The van der Waals surface area contributed by atoms with Gasteiger partial charge in [-0.05, 0) is 63.5 Å². The van der Waals surface area contributed by atoms with Crippen LogP contribution >= 0.6 is 0 Å². The smallest absolute Gasteiger partial charge is 0.130 e.